The Balaban J connectivity index is 2.78. The third-order valence-corrected chi connectivity index (χ3v) is 2.43. The van der Waals surface area contributed by atoms with Crippen LogP contribution in [0.25, 0.3) is 0 Å². The summed E-state index contributed by atoms with van der Waals surface area (Å²) in [5.41, 5.74) is 0.505. The Morgan fingerprint density at radius 3 is 2.64 bits per heavy atom. The van der Waals surface area contributed by atoms with E-state index in [4.69, 9.17) is 5.11 Å². The van der Waals surface area contributed by atoms with Gasteiger partial charge in [-0.25, -0.2) is 8.78 Å². The van der Waals surface area contributed by atoms with Crippen molar-refractivity contribution in [2.45, 2.75) is 25.4 Å². The Morgan fingerprint density at radius 1 is 1.50 bits per heavy atom. The van der Waals surface area contributed by atoms with Gasteiger partial charge in [0.25, 0.3) is 5.92 Å². The molecule has 1 aromatic rings. The SMILES string of the molecule is CC(O)C(F)(F)Cc1cccc(Br)c1. The number of hydrogen-bond acceptors (Lipinski definition) is 1. The number of aliphatic hydroxyl groups excluding tert-OH is 1. The van der Waals surface area contributed by atoms with Crippen LogP contribution in [0, 0.1) is 0 Å². The molecule has 0 amide bonds. The number of hydrogen-bond donors (Lipinski definition) is 1. The van der Waals surface area contributed by atoms with E-state index in [2.05, 4.69) is 15.9 Å². The van der Waals surface area contributed by atoms with Crippen molar-refractivity contribution in [3.63, 3.8) is 0 Å². The average Bonchev–Trinajstić information content (AvgIpc) is 2.02. The fourth-order valence-corrected chi connectivity index (χ4v) is 1.51. The highest BCUT2D eigenvalue weighted by atomic mass is 79.9. The highest BCUT2D eigenvalue weighted by Gasteiger charge is 2.35. The van der Waals surface area contributed by atoms with Gasteiger partial charge in [0, 0.05) is 10.9 Å². The van der Waals surface area contributed by atoms with Crippen LogP contribution in [0.15, 0.2) is 28.7 Å². The van der Waals surface area contributed by atoms with E-state index in [1.807, 2.05) is 0 Å². The van der Waals surface area contributed by atoms with Crippen molar-refractivity contribution >= 4 is 15.9 Å². The van der Waals surface area contributed by atoms with Crippen molar-refractivity contribution in [3.05, 3.63) is 34.3 Å². The van der Waals surface area contributed by atoms with Crippen molar-refractivity contribution in [2.75, 3.05) is 0 Å². The summed E-state index contributed by atoms with van der Waals surface area (Å²) in [6, 6.07) is 6.69. The maximum Gasteiger partial charge on any atom is 0.277 e. The van der Waals surface area contributed by atoms with Crippen LogP contribution in [0.2, 0.25) is 0 Å². The van der Waals surface area contributed by atoms with Gasteiger partial charge in [-0.2, -0.15) is 0 Å². The second kappa shape index (κ2) is 4.36. The quantitative estimate of drug-likeness (QED) is 0.890. The summed E-state index contributed by atoms with van der Waals surface area (Å²) in [7, 11) is 0. The Morgan fingerprint density at radius 2 is 2.14 bits per heavy atom. The zero-order valence-corrected chi connectivity index (χ0v) is 9.26. The molecule has 14 heavy (non-hydrogen) atoms. The summed E-state index contributed by atoms with van der Waals surface area (Å²) in [4.78, 5) is 0. The molecule has 0 aliphatic rings. The van der Waals surface area contributed by atoms with Gasteiger partial charge in [-0.05, 0) is 24.6 Å². The lowest BCUT2D eigenvalue weighted by atomic mass is 10.0. The van der Waals surface area contributed by atoms with Gasteiger partial charge in [0.15, 0.2) is 0 Å². The van der Waals surface area contributed by atoms with Gasteiger partial charge in [-0.3, -0.25) is 0 Å². The first-order valence-electron chi connectivity index (χ1n) is 4.22. The van der Waals surface area contributed by atoms with Gasteiger partial charge >= 0.3 is 0 Å². The average molecular weight is 265 g/mol. The van der Waals surface area contributed by atoms with E-state index in [9.17, 15) is 8.78 Å². The van der Waals surface area contributed by atoms with Crippen molar-refractivity contribution in [3.8, 4) is 0 Å². The van der Waals surface area contributed by atoms with Gasteiger partial charge < -0.3 is 5.11 Å². The fourth-order valence-electron chi connectivity index (χ4n) is 1.07. The zero-order chi connectivity index (χ0) is 10.8. The molecule has 1 unspecified atom stereocenters. The molecule has 0 aromatic heterocycles. The Hall–Kier alpha value is -0.480. The molecule has 1 nitrogen and oxygen atoms in total. The maximum absolute atomic E-state index is 13.1. The van der Waals surface area contributed by atoms with E-state index in [0.29, 0.717) is 5.56 Å². The van der Waals surface area contributed by atoms with Gasteiger partial charge in [-0.15, -0.1) is 0 Å². The fraction of sp³-hybridized carbons (Fsp3) is 0.400. The summed E-state index contributed by atoms with van der Waals surface area (Å²) in [5, 5.41) is 8.85. The number of halogens is 3. The van der Waals surface area contributed by atoms with Gasteiger partial charge in [0.1, 0.15) is 6.10 Å². The zero-order valence-electron chi connectivity index (χ0n) is 7.67. The minimum atomic E-state index is -3.07. The van der Waals surface area contributed by atoms with Crippen molar-refractivity contribution in [1.29, 1.82) is 0 Å². The van der Waals surface area contributed by atoms with Crippen LogP contribution in [-0.2, 0) is 6.42 Å². The van der Waals surface area contributed by atoms with E-state index in [1.54, 1.807) is 24.3 Å². The summed E-state index contributed by atoms with van der Waals surface area (Å²) in [5.74, 6) is -3.07. The second-order valence-electron chi connectivity index (χ2n) is 3.24. The van der Waals surface area contributed by atoms with Crippen LogP contribution in [-0.4, -0.2) is 17.1 Å². The van der Waals surface area contributed by atoms with Crippen LogP contribution >= 0.6 is 15.9 Å². The first-order valence-corrected chi connectivity index (χ1v) is 5.01. The number of alkyl halides is 2. The summed E-state index contributed by atoms with van der Waals surface area (Å²) < 4.78 is 27.0. The van der Waals surface area contributed by atoms with Gasteiger partial charge in [0.05, 0.1) is 0 Å². The molecule has 1 rings (SSSR count). The highest BCUT2D eigenvalue weighted by Crippen LogP contribution is 2.25. The van der Waals surface area contributed by atoms with E-state index >= 15 is 0 Å². The first kappa shape index (κ1) is 11.6. The third-order valence-electron chi connectivity index (χ3n) is 1.94. The van der Waals surface area contributed by atoms with Crippen molar-refractivity contribution < 1.29 is 13.9 Å². The van der Waals surface area contributed by atoms with E-state index in [0.717, 1.165) is 11.4 Å². The molecule has 0 fully saturated rings. The van der Waals surface area contributed by atoms with Crippen molar-refractivity contribution in [2.24, 2.45) is 0 Å². The third kappa shape index (κ3) is 3.03. The van der Waals surface area contributed by atoms with Crippen LogP contribution in [0.3, 0.4) is 0 Å². The van der Waals surface area contributed by atoms with E-state index < -0.39 is 18.4 Å². The van der Waals surface area contributed by atoms with Crippen LogP contribution < -0.4 is 0 Å². The molecule has 0 saturated heterocycles. The van der Waals surface area contributed by atoms with Gasteiger partial charge in [0.2, 0.25) is 0 Å². The first-order chi connectivity index (χ1) is 6.42. The molecular formula is C10H11BrF2O. The minimum Gasteiger partial charge on any atom is -0.387 e. The smallest absolute Gasteiger partial charge is 0.277 e. The summed E-state index contributed by atoms with van der Waals surface area (Å²) >= 11 is 3.20. The van der Waals surface area contributed by atoms with E-state index in [-0.39, 0.29) is 0 Å². The van der Waals surface area contributed by atoms with Crippen LogP contribution in [0.1, 0.15) is 12.5 Å². The molecule has 0 heterocycles. The molecule has 1 N–H and O–H groups in total. The Labute approximate surface area is 89.9 Å². The maximum atomic E-state index is 13.1. The minimum absolute atomic E-state index is 0.440. The number of benzene rings is 1. The van der Waals surface area contributed by atoms with E-state index in [1.165, 1.54) is 0 Å². The highest BCUT2D eigenvalue weighted by molar-refractivity contribution is 9.10. The van der Waals surface area contributed by atoms with Crippen LogP contribution in [0.4, 0.5) is 8.78 Å². The lowest BCUT2D eigenvalue weighted by Crippen LogP contribution is -2.33. The molecule has 0 aliphatic carbocycles. The Bertz CT molecular complexity index is 313. The molecule has 0 aliphatic heterocycles. The monoisotopic (exact) mass is 264 g/mol. The van der Waals surface area contributed by atoms with Crippen molar-refractivity contribution in [1.82, 2.24) is 0 Å². The molecule has 0 spiro atoms. The predicted octanol–water partition coefficient (Wildman–Crippen LogP) is 3.01. The molecule has 0 radical (unpaired) electrons. The normalized spacial score (nSPS) is 14.1. The molecule has 0 saturated carbocycles. The standard InChI is InChI=1S/C10H11BrF2O/c1-7(14)10(12,13)6-8-3-2-4-9(11)5-8/h2-5,7,14H,6H2,1H3. The predicted molar refractivity (Wildman–Crippen MR) is 54.5 cm³/mol. The lowest BCUT2D eigenvalue weighted by molar-refractivity contribution is -0.0982. The van der Waals surface area contributed by atoms with Crippen LogP contribution in [0.5, 0.6) is 0 Å². The molecule has 0 bridgehead atoms. The molecule has 4 heteroatoms. The molecule has 1 aromatic carbocycles. The molecule has 78 valence electrons. The number of rotatable bonds is 3. The number of aliphatic hydroxyl groups is 1. The summed E-state index contributed by atoms with van der Waals surface area (Å²) in [6.07, 6.45) is -2.06. The second-order valence-corrected chi connectivity index (χ2v) is 4.16. The largest absolute Gasteiger partial charge is 0.387 e. The Kier molecular flexibility index (Phi) is 3.61. The topological polar surface area (TPSA) is 20.2 Å². The lowest BCUT2D eigenvalue weighted by Gasteiger charge is -2.19. The molecular weight excluding hydrogens is 254 g/mol. The molecule has 1 atom stereocenters. The summed E-state index contributed by atoms with van der Waals surface area (Å²) in [6.45, 7) is 1.10. The van der Waals surface area contributed by atoms with Gasteiger partial charge in [-0.1, -0.05) is 28.1 Å².